The lowest BCUT2D eigenvalue weighted by atomic mass is 9.94. The Hall–Kier alpha value is -3.09. The molecule has 2 aromatic rings. The van der Waals surface area contributed by atoms with Gasteiger partial charge in [0.05, 0.1) is 0 Å². The van der Waals surface area contributed by atoms with Gasteiger partial charge < -0.3 is 30.4 Å². The van der Waals surface area contributed by atoms with Crippen molar-refractivity contribution < 1.29 is 30.4 Å². The maximum atomic E-state index is 9.84. The lowest BCUT2D eigenvalue weighted by molar-refractivity contribution is 0.240. The summed E-state index contributed by atoms with van der Waals surface area (Å²) >= 11 is 0. The van der Waals surface area contributed by atoms with Gasteiger partial charge >= 0.3 is 0 Å². The molecule has 0 aliphatic carbocycles. The first kappa shape index (κ1) is 13.9. The Kier molecular flexibility index (Phi) is 3.17. The van der Waals surface area contributed by atoms with Crippen molar-refractivity contribution in [1.82, 2.24) is 0 Å². The maximum absolute atomic E-state index is 9.84. The predicted octanol–water partition coefficient (Wildman–Crippen LogP) is 2.02. The molecule has 0 saturated carbocycles. The molecule has 2 aromatic carbocycles. The molecule has 0 amide bonds. The molecule has 1 atom stereocenters. The summed E-state index contributed by atoms with van der Waals surface area (Å²) in [5.74, 6) is -0.681. The van der Waals surface area contributed by atoms with Crippen LogP contribution in [0.4, 0.5) is 0 Å². The molecule has 7 heteroatoms. The Morgan fingerprint density at radius 2 is 1.73 bits per heavy atom. The van der Waals surface area contributed by atoms with Gasteiger partial charge in [-0.1, -0.05) is 11.2 Å². The zero-order valence-electron chi connectivity index (χ0n) is 11.3. The van der Waals surface area contributed by atoms with Crippen LogP contribution < -0.4 is 4.74 Å². The van der Waals surface area contributed by atoms with Crippen molar-refractivity contribution in [3.63, 3.8) is 0 Å². The number of hydrogen-bond donors (Lipinski definition) is 5. The standard InChI is InChI=1S/C15H13NO6/c17-8-4-12(19)9-6-10(16-21)15(22-14(9)5-8)7-1-2-11(18)13(20)3-7/h1-5,15,17-21H,6H2. The number of phenols is 4. The number of oxime groups is 1. The van der Waals surface area contributed by atoms with Crippen molar-refractivity contribution in [1.29, 1.82) is 0 Å². The molecule has 0 bridgehead atoms. The third kappa shape index (κ3) is 2.22. The number of phenolic OH excluding ortho intramolecular Hbond substituents is 4. The Morgan fingerprint density at radius 1 is 0.955 bits per heavy atom. The quantitative estimate of drug-likeness (QED) is 0.312. The van der Waals surface area contributed by atoms with E-state index in [9.17, 15) is 25.6 Å². The SMILES string of the molecule is ON=C1Cc2c(O)cc(O)cc2OC1c1ccc(O)c(O)c1. The number of aromatic hydroxyl groups is 4. The van der Waals surface area contributed by atoms with E-state index < -0.39 is 6.10 Å². The Balaban J connectivity index is 2.07. The summed E-state index contributed by atoms with van der Waals surface area (Å²) in [5.41, 5.74) is 1.07. The number of nitrogens with zero attached hydrogens (tertiary/aromatic N) is 1. The molecule has 0 radical (unpaired) electrons. The Labute approximate surface area is 125 Å². The molecule has 3 rings (SSSR count). The minimum absolute atomic E-state index is 0.115. The second-order valence-electron chi connectivity index (χ2n) is 4.96. The first-order chi connectivity index (χ1) is 10.5. The fourth-order valence-corrected chi connectivity index (χ4v) is 2.42. The second-order valence-corrected chi connectivity index (χ2v) is 4.96. The molecule has 0 saturated heterocycles. The van der Waals surface area contributed by atoms with Crippen LogP contribution in [-0.2, 0) is 6.42 Å². The second kappa shape index (κ2) is 5.03. The van der Waals surface area contributed by atoms with E-state index in [2.05, 4.69) is 5.16 Å². The summed E-state index contributed by atoms with van der Waals surface area (Å²) in [6.07, 6.45) is -0.699. The van der Waals surface area contributed by atoms with Crippen LogP contribution in [0.1, 0.15) is 17.2 Å². The zero-order valence-corrected chi connectivity index (χ0v) is 11.3. The summed E-state index contributed by atoms with van der Waals surface area (Å²) in [6.45, 7) is 0. The van der Waals surface area contributed by atoms with Crippen LogP contribution in [0.5, 0.6) is 28.7 Å². The molecule has 1 aliphatic rings. The molecule has 0 spiro atoms. The average Bonchev–Trinajstić information content (AvgIpc) is 2.48. The maximum Gasteiger partial charge on any atom is 0.166 e. The van der Waals surface area contributed by atoms with E-state index in [0.717, 1.165) is 0 Å². The average molecular weight is 303 g/mol. The van der Waals surface area contributed by atoms with Crippen LogP contribution in [-0.4, -0.2) is 31.3 Å². The lowest BCUT2D eigenvalue weighted by Gasteiger charge is -2.27. The number of benzene rings is 2. The number of rotatable bonds is 1. The fourth-order valence-electron chi connectivity index (χ4n) is 2.42. The van der Waals surface area contributed by atoms with E-state index in [4.69, 9.17) is 4.74 Å². The van der Waals surface area contributed by atoms with E-state index >= 15 is 0 Å². The summed E-state index contributed by atoms with van der Waals surface area (Å²) in [5, 5.41) is 50.7. The third-order valence-corrected chi connectivity index (χ3v) is 3.51. The zero-order chi connectivity index (χ0) is 15.9. The van der Waals surface area contributed by atoms with Crippen LogP contribution in [0.3, 0.4) is 0 Å². The van der Waals surface area contributed by atoms with E-state index in [0.29, 0.717) is 11.1 Å². The highest BCUT2D eigenvalue weighted by Crippen LogP contribution is 2.41. The van der Waals surface area contributed by atoms with Crippen LogP contribution >= 0.6 is 0 Å². The first-order valence-corrected chi connectivity index (χ1v) is 6.44. The minimum atomic E-state index is -0.815. The highest BCUT2D eigenvalue weighted by Gasteiger charge is 2.31. The van der Waals surface area contributed by atoms with E-state index in [1.807, 2.05) is 0 Å². The molecule has 7 nitrogen and oxygen atoms in total. The van der Waals surface area contributed by atoms with E-state index in [1.165, 1.54) is 30.3 Å². The van der Waals surface area contributed by atoms with Crippen LogP contribution in [0.15, 0.2) is 35.5 Å². The van der Waals surface area contributed by atoms with Gasteiger partial charge in [-0.15, -0.1) is 0 Å². The normalized spacial score (nSPS) is 18.7. The van der Waals surface area contributed by atoms with Crippen molar-refractivity contribution in [2.24, 2.45) is 5.16 Å². The van der Waals surface area contributed by atoms with Gasteiger partial charge in [-0.3, -0.25) is 0 Å². The van der Waals surface area contributed by atoms with Gasteiger partial charge in [0.15, 0.2) is 17.6 Å². The number of ether oxygens (including phenoxy) is 1. The van der Waals surface area contributed by atoms with Crippen molar-refractivity contribution in [3.8, 4) is 28.7 Å². The monoisotopic (exact) mass is 303 g/mol. The van der Waals surface area contributed by atoms with Gasteiger partial charge in [0, 0.05) is 29.7 Å². The summed E-state index contributed by atoms with van der Waals surface area (Å²) in [6, 6.07) is 6.61. The van der Waals surface area contributed by atoms with Crippen molar-refractivity contribution >= 4 is 5.71 Å². The van der Waals surface area contributed by atoms with Gasteiger partial charge in [0.25, 0.3) is 0 Å². The molecule has 1 unspecified atom stereocenters. The van der Waals surface area contributed by atoms with Crippen molar-refractivity contribution in [2.75, 3.05) is 0 Å². The molecule has 22 heavy (non-hydrogen) atoms. The highest BCUT2D eigenvalue weighted by atomic mass is 16.5. The van der Waals surface area contributed by atoms with E-state index in [-0.39, 0.29) is 40.9 Å². The van der Waals surface area contributed by atoms with Crippen LogP contribution in [0.2, 0.25) is 0 Å². The first-order valence-electron chi connectivity index (χ1n) is 6.44. The summed E-state index contributed by atoms with van der Waals surface area (Å²) < 4.78 is 5.67. The summed E-state index contributed by atoms with van der Waals surface area (Å²) in [7, 11) is 0. The van der Waals surface area contributed by atoms with Crippen molar-refractivity contribution in [3.05, 3.63) is 41.5 Å². The lowest BCUT2D eigenvalue weighted by Crippen LogP contribution is -2.26. The molecule has 5 N–H and O–H groups in total. The Bertz CT molecular complexity index is 771. The van der Waals surface area contributed by atoms with Gasteiger partial charge in [-0.05, 0) is 12.1 Å². The van der Waals surface area contributed by atoms with Crippen LogP contribution in [0.25, 0.3) is 0 Å². The highest BCUT2D eigenvalue weighted by molar-refractivity contribution is 5.94. The fraction of sp³-hybridized carbons (Fsp3) is 0.133. The Morgan fingerprint density at radius 3 is 2.41 bits per heavy atom. The molecule has 0 fully saturated rings. The largest absolute Gasteiger partial charge is 0.508 e. The van der Waals surface area contributed by atoms with Crippen LogP contribution in [0, 0.1) is 0 Å². The van der Waals surface area contributed by atoms with Gasteiger partial charge in [0.1, 0.15) is 23.0 Å². The topological polar surface area (TPSA) is 123 Å². The van der Waals surface area contributed by atoms with Crippen molar-refractivity contribution in [2.45, 2.75) is 12.5 Å². The molecule has 1 heterocycles. The molecule has 114 valence electrons. The number of fused-ring (bicyclic) bond motifs is 1. The predicted molar refractivity (Wildman–Crippen MR) is 75.8 cm³/mol. The molecular weight excluding hydrogens is 290 g/mol. The molecule has 1 aliphatic heterocycles. The van der Waals surface area contributed by atoms with Gasteiger partial charge in [-0.25, -0.2) is 0 Å². The third-order valence-electron chi connectivity index (χ3n) is 3.51. The van der Waals surface area contributed by atoms with Gasteiger partial charge in [-0.2, -0.15) is 0 Å². The molecule has 0 aromatic heterocycles. The van der Waals surface area contributed by atoms with E-state index in [1.54, 1.807) is 0 Å². The summed E-state index contributed by atoms with van der Waals surface area (Å²) in [4.78, 5) is 0. The minimum Gasteiger partial charge on any atom is -0.508 e. The smallest absolute Gasteiger partial charge is 0.166 e. The molecular formula is C15H13NO6. The number of hydrogen-bond acceptors (Lipinski definition) is 7. The van der Waals surface area contributed by atoms with Gasteiger partial charge in [0.2, 0.25) is 0 Å².